The second kappa shape index (κ2) is 10.6. The number of para-hydroxylation sites is 1. The molecule has 0 spiro atoms. The number of fused-ring (bicyclic) bond motifs is 3. The average Bonchev–Trinajstić information content (AvgIpc) is 3.19. The number of methoxy groups -OCH3 is 1. The van der Waals surface area contributed by atoms with Gasteiger partial charge in [0.25, 0.3) is 0 Å². The average molecular weight is 443 g/mol. The number of aromatic nitrogens is 3. The van der Waals surface area contributed by atoms with Gasteiger partial charge in [0.2, 0.25) is 0 Å². The summed E-state index contributed by atoms with van der Waals surface area (Å²) in [6, 6.07) is 7.84. The van der Waals surface area contributed by atoms with Gasteiger partial charge in [-0.15, -0.1) is 0 Å². The van der Waals surface area contributed by atoms with Gasteiger partial charge in [0.05, 0.1) is 44.1 Å². The van der Waals surface area contributed by atoms with E-state index >= 15 is 0 Å². The lowest BCUT2D eigenvalue weighted by molar-refractivity contribution is 0.0523. The molecule has 172 valence electrons. The summed E-state index contributed by atoms with van der Waals surface area (Å²) in [6.07, 6.45) is 0.661. The zero-order valence-corrected chi connectivity index (χ0v) is 18.4. The quantitative estimate of drug-likeness (QED) is 0.481. The minimum absolute atomic E-state index is 0.0752. The molecule has 2 aromatic heterocycles. The number of anilines is 1. The van der Waals surface area contributed by atoms with Crippen LogP contribution in [-0.4, -0.2) is 85.2 Å². The molecular weight excluding hydrogens is 412 g/mol. The first-order valence-electron chi connectivity index (χ1n) is 10.9. The van der Waals surface area contributed by atoms with Gasteiger partial charge in [0.1, 0.15) is 11.3 Å². The highest BCUT2D eigenvalue weighted by Crippen LogP contribution is 2.28. The van der Waals surface area contributed by atoms with Gasteiger partial charge >= 0.3 is 6.03 Å². The van der Waals surface area contributed by atoms with Gasteiger partial charge in [-0.3, -0.25) is 0 Å². The monoisotopic (exact) mass is 442 g/mol. The molecule has 10 heteroatoms. The fourth-order valence-corrected chi connectivity index (χ4v) is 3.90. The number of nitrogen functional groups attached to an aromatic ring is 1. The van der Waals surface area contributed by atoms with E-state index in [9.17, 15) is 4.79 Å². The number of benzene rings is 1. The van der Waals surface area contributed by atoms with Gasteiger partial charge in [-0.1, -0.05) is 18.2 Å². The zero-order chi connectivity index (χ0) is 22.3. The first-order valence-corrected chi connectivity index (χ1v) is 10.9. The predicted octanol–water partition coefficient (Wildman–Crippen LogP) is 1.41. The van der Waals surface area contributed by atoms with E-state index in [4.69, 9.17) is 24.9 Å². The van der Waals surface area contributed by atoms with Gasteiger partial charge in [0, 0.05) is 45.1 Å². The molecule has 1 aromatic carbocycles. The molecule has 3 aromatic rings. The van der Waals surface area contributed by atoms with Crippen LogP contribution in [0, 0.1) is 0 Å². The third kappa shape index (κ3) is 4.93. The van der Waals surface area contributed by atoms with Crippen LogP contribution in [0.2, 0.25) is 0 Å². The van der Waals surface area contributed by atoms with E-state index in [0.717, 1.165) is 22.2 Å². The fraction of sp³-hybridized carbons (Fsp3) is 0.500. The standard InChI is InChI=1S/C22H30N6O4/c1-30-11-6-18-26-19-20(16-4-2-3-5-17(16)25-21(19)23)28(18)10-15-31-12-7-24-22(29)27-8-13-32-14-9-27/h2-5H,6-15H2,1H3,(H2,23,25)(H,24,29). The zero-order valence-electron chi connectivity index (χ0n) is 18.4. The van der Waals surface area contributed by atoms with Crippen LogP contribution in [0.1, 0.15) is 5.82 Å². The number of morpholine rings is 1. The summed E-state index contributed by atoms with van der Waals surface area (Å²) >= 11 is 0. The molecular formula is C22H30N6O4. The third-order valence-electron chi connectivity index (χ3n) is 5.50. The first-order chi connectivity index (χ1) is 15.7. The summed E-state index contributed by atoms with van der Waals surface area (Å²) in [7, 11) is 1.67. The number of nitrogens with one attached hydrogen (secondary N) is 1. The second-order valence-corrected chi connectivity index (χ2v) is 7.58. The van der Waals surface area contributed by atoms with E-state index in [1.54, 1.807) is 12.0 Å². The van der Waals surface area contributed by atoms with Crippen LogP contribution in [0.3, 0.4) is 0 Å². The van der Waals surface area contributed by atoms with Crippen molar-refractivity contribution in [1.29, 1.82) is 0 Å². The highest BCUT2D eigenvalue weighted by molar-refractivity contribution is 6.06. The van der Waals surface area contributed by atoms with E-state index in [-0.39, 0.29) is 6.03 Å². The van der Waals surface area contributed by atoms with Gasteiger partial charge < -0.3 is 34.7 Å². The lowest BCUT2D eigenvalue weighted by Gasteiger charge is -2.26. The normalized spacial score (nSPS) is 14.3. The van der Waals surface area contributed by atoms with Crippen LogP contribution in [-0.2, 0) is 27.2 Å². The minimum Gasteiger partial charge on any atom is -0.384 e. The summed E-state index contributed by atoms with van der Waals surface area (Å²) in [5, 5.41) is 3.90. The molecule has 0 aliphatic carbocycles. The Kier molecular flexibility index (Phi) is 7.35. The van der Waals surface area contributed by atoms with Gasteiger partial charge in [0.15, 0.2) is 5.82 Å². The summed E-state index contributed by atoms with van der Waals surface area (Å²) < 4.78 is 18.5. The predicted molar refractivity (Wildman–Crippen MR) is 122 cm³/mol. The van der Waals surface area contributed by atoms with Gasteiger partial charge in [-0.2, -0.15) is 0 Å². The first kappa shape index (κ1) is 22.3. The Morgan fingerprint density at radius 1 is 1.19 bits per heavy atom. The molecule has 1 aliphatic rings. The van der Waals surface area contributed by atoms with E-state index in [0.29, 0.717) is 77.0 Å². The Labute approximate surface area is 186 Å². The Morgan fingerprint density at radius 2 is 2.00 bits per heavy atom. The number of hydrogen-bond donors (Lipinski definition) is 2. The number of rotatable bonds is 9. The number of imidazole rings is 1. The summed E-state index contributed by atoms with van der Waals surface area (Å²) in [5.41, 5.74) is 8.72. The SMILES string of the molecule is COCCc1nc2c(N)nc3ccccc3c2n1CCOCCNC(=O)N1CCOCC1. The molecule has 1 fully saturated rings. The lowest BCUT2D eigenvalue weighted by Crippen LogP contribution is -2.46. The molecule has 2 amide bonds. The number of nitrogens with two attached hydrogens (primary N) is 1. The summed E-state index contributed by atoms with van der Waals surface area (Å²) in [5.74, 6) is 1.30. The molecule has 1 saturated heterocycles. The van der Waals surface area contributed by atoms with Crippen LogP contribution in [0.15, 0.2) is 24.3 Å². The number of carbonyl (C=O) groups is 1. The molecule has 0 unspecified atom stereocenters. The van der Waals surface area contributed by atoms with Crippen LogP contribution in [0.25, 0.3) is 21.9 Å². The molecule has 4 rings (SSSR count). The van der Waals surface area contributed by atoms with Crippen LogP contribution < -0.4 is 11.1 Å². The Balaban J connectivity index is 1.40. The molecule has 0 radical (unpaired) electrons. The maximum atomic E-state index is 12.1. The van der Waals surface area contributed by atoms with Crippen LogP contribution in [0.4, 0.5) is 10.6 Å². The van der Waals surface area contributed by atoms with Crippen molar-refractivity contribution in [3.63, 3.8) is 0 Å². The summed E-state index contributed by atoms with van der Waals surface area (Å²) in [4.78, 5) is 23.1. The van der Waals surface area contributed by atoms with Crippen molar-refractivity contribution >= 4 is 33.8 Å². The molecule has 0 bridgehead atoms. The van der Waals surface area contributed by atoms with Crippen molar-refractivity contribution in [2.24, 2.45) is 0 Å². The molecule has 32 heavy (non-hydrogen) atoms. The number of pyridine rings is 1. The largest absolute Gasteiger partial charge is 0.384 e. The van der Waals surface area contributed by atoms with Gasteiger partial charge in [-0.25, -0.2) is 14.8 Å². The number of carbonyl (C=O) groups excluding carboxylic acids is 1. The highest BCUT2D eigenvalue weighted by Gasteiger charge is 2.18. The molecule has 0 saturated carbocycles. The van der Waals surface area contributed by atoms with E-state index in [2.05, 4.69) is 14.9 Å². The smallest absolute Gasteiger partial charge is 0.317 e. The molecule has 1 aliphatic heterocycles. The molecule has 10 nitrogen and oxygen atoms in total. The number of nitrogens with zero attached hydrogens (tertiary/aromatic N) is 4. The van der Waals surface area contributed by atoms with Crippen LogP contribution in [0.5, 0.6) is 0 Å². The van der Waals surface area contributed by atoms with E-state index in [1.807, 2.05) is 24.3 Å². The number of amides is 2. The highest BCUT2D eigenvalue weighted by atomic mass is 16.5. The van der Waals surface area contributed by atoms with Crippen molar-refractivity contribution in [2.75, 3.05) is 65.5 Å². The number of ether oxygens (including phenoxy) is 3. The van der Waals surface area contributed by atoms with Gasteiger partial charge in [-0.05, 0) is 6.07 Å². The summed E-state index contributed by atoms with van der Waals surface area (Å²) in [6.45, 7) is 4.95. The minimum atomic E-state index is -0.0752. The lowest BCUT2D eigenvalue weighted by atomic mass is 10.2. The maximum Gasteiger partial charge on any atom is 0.317 e. The van der Waals surface area contributed by atoms with Crippen molar-refractivity contribution in [1.82, 2.24) is 24.8 Å². The second-order valence-electron chi connectivity index (χ2n) is 7.58. The molecule has 3 heterocycles. The number of urea groups is 1. The Hall–Kier alpha value is -2.95. The molecule has 0 atom stereocenters. The topological polar surface area (TPSA) is 117 Å². The molecule has 3 N–H and O–H groups in total. The third-order valence-corrected chi connectivity index (χ3v) is 5.50. The maximum absolute atomic E-state index is 12.1. The van der Waals surface area contributed by atoms with Crippen molar-refractivity contribution in [3.8, 4) is 0 Å². The number of hydrogen-bond acceptors (Lipinski definition) is 7. The van der Waals surface area contributed by atoms with E-state index < -0.39 is 0 Å². The van der Waals surface area contributed by atoms with Crippen LogP contribution >= 0.6 is 0 Å². The fourth-order valence-electron chi connectivity index (χ4n) is 3.90. The van der Waals surface area contributed by atoms with E-state index in [1.165, 1.54) is 0 Å². The Bertz CT molecular complexity index is 1060. The Morgan fingerprint density at radius 3 is 2.81 bits per heavy atom. The van der Waals surface area contributed by atoms with Crippen molar-refractivity contribution in [2.45, 2.75) is 13.0 Å². The van der Waals surface area contributed by atoms with Crippen molar-refractivity contribution in [3.05, 3.63) is 30.1 Å². The van der Waals surface area contributed by atoms with Crippen molar-refractivity contribution < 1.29 is 19.0 Å².